The largest absolute Gasteiger partial charge is 0.378 e. The SMILES string of the molecule is CN(C)c1ccc(C2C(=N)c3ccccc3C2=O)cc1. The van der Waals surface area contributed by atoms with E-state index in [1.807, 2.05) is 61.5 Å². The predicted molar refractivity (Wildman–Crippen MR) is 81.1 cm³/mol. The predicted octanol–water partition coefficient (Wildman–Crippen LogP) is 3.10. The van der Waals surface area contributed by atoms with Crippen LogP contribution >= 0.6 is 0 Å². The number of Topliss-reactive ketones (excluding diaryl/α,β-unsaturated/α-hetero) is 1. The summed E-state index contributed by atoms with van der Waals surface area (Å²) in [5.74, 6) is -0.424. The van der Waals surface area contributed by atoms with Gasteiger partial charge in [0.2, 0.25) is 0 Å². The van der Waals surface area contributed by atoms with E-state index in [-0.39, 0.29) is 5.78 Å². The summed E-state index contributed by atoms with van der Waals surface area (Å²) < 4.78 is 0. The summed E-state index contributed by atoms with van der Waals surface area (Å²) in [4.78, 5) is 14.5. The van der Waals surface area contributed by atoms with Crippen LogP contribution in [-0.4, -0.2) is 25.6 Å². The number of carbonyl (C=O) groups is 1. The maximum atomic E-state index is 12.5. The van der Waals surface area contributed by atoms with Crippen molar-refractivity contribution in [3.05, 3.63) is 65.2 Å². The van der Waals surface area contributed by atoms with Crippen LogP contribution in [-0.2, 0) is 0 Å². The Morgan fingerprint density at radius 3 is 2.10 bits per heavy atom. The first-order valence-corrected chi connectivity index (χ1v) is 6.59. The monoisotopic (exact) mass is 264 g/mol. The summed E-state index contributed by atoms with van der Waals surface area (Å²) in [6.07, 6.45) is 0. The molecular weight excluding hydrogens is 248 g/mol. The van der Waals surface area contributed by atoms with Crippen LogP contribution in [0, 0.1) is 5.41 Å². The molecule has 1 N–H and O–H groups in total. The molecule has 0 aromatic heterocycles. The summed E-state index contributed by atoms with van der Waals surface area (Å²) in [6, 6.07) is 15.2. The van der Waals surface area contributed by atoms with E-state index in [1.54, 1.807) is 6.07 Å². The lowest BCUT2D eigenvalue weighted by molar-refractivity contribution is 0.0988. The molecule has 0 radical (unpaired) electrons. The minimum Gasteiger partial charge on any atom is -0.378 e. The second kappa shape index (κ2) is 4.60. The number of benzene rings is 2. The highest BCUT2D eigenvalue weighted by atomic mass is 16.1. The molecule has 0 spiro atoms. The topological polar surface area (TPSA) is 44.2 Å². The van der Waals surface area contributed by atoms with Crippen LogP contribution < -0.4 is 4.90 Å². The summed E-state index contributed by atoms with van der Waals surface area (Å²) >= 11 is 0. The standard InChI is InChI=1S/C17H16N2O/c1-19(2)12-9-7-11(8-10-12)15-16(18)13-5-3-4-6-14(13)17(15)20/h3-10,15,18H,1-2H3. The first-order valence-electron chi connectivity index (χ1n) is 6.59. The van der Waals surface area contributed by atoms with E-state index < -0.39 is 5.92 Å². The molecule has 100 valence electrons. The van der Waals surface area contributed by atoms with Gasteiger partial charge in [-0.2, -0.15) is 0 Å². The van der Waals surface area contributed by atoms with Gasteiger partial charge < -0.3 is 10.3 Å². The minimum atomic E-state index is -0.455. The number of fused-ring (bicyclic) bond motifs is 1. The zero-order chi connectivity index (χ0) is 14.3. The Kier molecular flexibility index (Phi) is 2.90. The molecule has 0 saturated heterocycles. The van der Waals surface area contributed by atoms with Crippen LogP contribution in [0.4, 0.5) is 5.69 Å². The van der Waals surface area contributed by atoms with E-state index in [1.165, 1.54) is 0 Å². The third-order valence-corrected chi connectivity index (χ3v) is 3.78. The van der Waals surface area contributed by atoms with Crippen molar-refractivity contribution in [1.82, 2.24) is 0 Å². The molecule has 0 aliphatic heterocycles. The maximum absolute atomic E-state index is 12.5. The zero-order valence-corrected chi connectivity index (χ0v) is 11.6. The van der Waals surface area contributed by atoms with E-state index in [4.69, 9.17) is 5.41 Å². The van der Waals surface area contributed by atoms with Gasteiger partial charge in [-0.15, -0.1) is 0 Å². The fraction of sp³-hybridized carbons (Fsp3) is 0.176. The minimum absolute atomic E-state index is 0.0307. The highest BCUT2D eigenvalue weighted by molar-refractivity contribution is 6.30. The van der Waals surface area contributed by atoms with Gasteiger partial charge in [0.25, 0.3) is 0 Å². The maximum Gasteiger partial charge on any atom is 0.176 e. The van der Waals surface area contributed by atoms with E-state index >= 15 is 0 Å². The van der Waals surface area contributed by atoms with E-state index in [9.17, 15) is 4.79 Å². The second-order valence-electron chi connectivity index (χ2n) is 5.24. The van der Waals surface area contributed by atoms with Crippen molar-refractivity contribution in [3.8, 4) is 0 Å². The van der Waals surface area contributed by atoms with Gasteiger partial charge in [-0.05, 0) is 17.7 Å². The molecule has 2 aromatic carbocycles. The molecule has 0 heterocycles. The van der Waals surface area contributed by atoms with Crippen molar-refractivity contribution in [2.24, 2.45) is 0 Å². The Morgan fingerprint density at radius 2 is 1.55 bits per heavy atom. The second-order valence-corrected chi connectivity index (χ2v) is 5.24. The van der Waals surface area contributed by atoms with Gasteiger partial charge in [0, 0.05) is 30.9 Å². The molecule has 1 aliphatic carbocycles. The molecule has 0 saturated carbocycles. The first-order chi connectivity index (χ1) is 9.59. The number of anilines is 1. The van der Waals surface area contributed by atoms with Crippen LogP contribution in [0.3, 0.4) is 0 Å². The lowest BCUT2D eigenvalue weighted by atomic mass is 9.93. The summed E-state index contributed by atoms with van der Waals surface area (Å²) in [6.45, 7) is 0. The summed E-state index contributed by atoms with van der Waals surface area (Å²) in [5.41, 5.74) is 3.81. The first kappa shape index (κ1) is 12.6. The van der Waals surface area contributed by atoms with Gasteiger partial charge in [0.05, 0.1) is 11.6 Å². The molecule has 3 nitrogen and oxygen atoms in total. The summed E-state index contributed by atoms with van der Waals surface area (Å²) in [7, 11) is 3.96. The van der Waals surface area contributed by atoms with Crippen molar-refractivity contribution >= 4 is 17.2 Å². The molecule has 3 rings (SSSR count). The summed E-state index contributed by atoms with van der Waals surface area (Å²) in [5, 5.41) is 8.26. The van der Waals surface area contributed by atoms with Gasteiger partial charge in [-0.25, -0.2) is 0 Å². The van der Waals surface area contributed by atoms with Crippen molar-refractivity contribution in [1.29, 1.82) is 5.41 Å². The lowest BCUT2D eigenvalue weighted by Gasteiger charge is -2.14. The quantitative estimate of drug-likeness (QED) is 0.905. The molecule has 1 unspecified atom stereocenters. The average molecular weight is 264 g/mol. The number of rotatable bonds is 2. The van der Waals surface area contributed by atoms with Gasteiger partial charge in [-0.3, -0.25) is 4.79 Å². The van der Waals surface area contributed by atoms with Crippen LogP contribution in [0.5, 0.6) is 0 Å². The number of hydrogen-bond donors (Lipinski definition) is 1. The smallest absolute Gasteiger partial charge is 0.176 e. The van der Waals surface area contributed by atoms with Gasteiger partial charge in [0.1, 0.15) is 0 Å². The molecule has 1 aliphatic rings. The number of ketones is 1. The van der Waals surface area contributed by atoms with Crippen molar-refractivity contribution < 1.29 is 4.79 Å². The number of hydrogen-bond acceptors (Lipinski definition) is 3. The van der Waals surface area contributed by atoms with E-state index in [2.05, 4.69) is 0 Å². The fourth-order valence-electron chi connectivity index (χ4n) is 2.66. The Bertz CT molecular complexity index is 651. The fourth-order valence-corrected chi connectivity index (χ4v) is 2.66. The number of nitrogens with zero attached hydrogens (tertiary/aromatic N) is 1. The average Bonchev–Trinajstić information content (AvgIpc) is 2.72. The van der Waals surface area contributed by atoms with Crippen molar-refractivity contribution in [3.63, 3.8) is 0 Å². The zero-order valence-electron chi connectivity index (χ0n) is 11.6. The number of nitrogens with one attached hydrogen (secondary N) is 1. The van der Waals surface area contributed by atoms with E-state index in [0.29, 0.717) is 11.3 Å². The third kappa shape index (κ3) is 1.83. The molecule has 2 aromatic rings. The van der Waals surface area contributed by atoms with Crippen LogP contribution in [0.25, 0.3) is 0 Å². The van der Waals surface area contributed by atoms with Crippen molar-refractivity contribution in [2.75, 3.05) is 19.0 Å². The normalized spacial score (nSPS) is 17.2. The Hall–Kier alpha value is -2.42. The van der Waals surface area contributed by atoms with Crippen LogP contribution in [0.1, 0.15) is 27.4 Å². The Balaban J connectivity index is 2.00. The lowest BCUT2D eigenvalue weighted by Crippen LogP contribution is -2.13. The molecule has 0 bridgehead atoms. The highest BCUT2D eigenvalue weighted by Gasteiger charge is 2.36. The number of carbonyl (C=O) groups excluding carboxylic acids is 1. The van der Waals surface area contributed by atoms with Gasteiger partial charge in [-0.1, -0.05) is 36.4 Å². The molecule has 1 atom stereocenters. The van der Waals surface area contributed by atoms with Crippen LogP contribution in [0.2, 0.25) is 0 Å². The van der Waals surface area contributed by atoms with Gasteiger partial charge in [0.15, 0.2) is 5.78 Å². The molecule has 0 amide bonds. The molecule has 0 fully saturated rings. The Labute approximate surface area is 118 Å². The molecule has 20 heavy (non-hydrogen) atoms. The van der Waals surface area contributed by atoms with Gasteiger partial charge >= 0.3 is 0 Å². The van der Waals surface area contributed by atoms with Crippen LogP contribution in [0.15, 0.2) is 48.5 Å². The Morgan fingerprint density at radius 1 is 0.950 bits per heavy atom. The van der Waals surface area contributed by atoms with Crippen molar-refractivity contribution in [2.45, 2.75) is 5.92 Å². The third-order valence-electron chi connectivity index (χ3n) is 3.78. The highest BCUT2D eigenvalue weighted by Crippen LogP contribution is 2.34. The molecular formula is C17H16N2O. The van der Waals surface area contributed by atoms with E-state index in [0.717, 1.165) is 16.8 Å². The molecule has 3 heteroatoms.